The van der Waals surface area contributed by atoms with Crippen LogP contribution in [0.25, 0.3) is 6.08 Å². The predicted molar refractivity (Wildman–Crippen MR) is 118 cm³/mol. The number of hydrazine groups is 1. The Kier molecular flexibility index (Phi) is 9.13. The number of benzene rings is 2. The first-order valence-corrected chi connectivity index (χ1v) is 9.85. The summed E-state index contributed by atoms with van der Waals surface area (Å²) < 4.78 is 11.6. The van der Waals surface area contributed by atoms with E-state index in [0.717, 1.165) is 15.8 Å². The highest BCUT2D eigenvalue weighted by molar-refractivity contribution is 9.10. The zero-order valence-electron chi connectivity index (χ0n) is 15.6. The number of rotatable bonds is 7. The van der Waals surface area contributed by atoms with Crippen molar-refractivity contribution in [2.45, 2.75) is 6.92 Å². The van der Waals surface area contributed by atoms with E-state index in [2.05, 4.69) is 32.1 Å². The average Bonchev–Trinajstić information content (AvgIpc) is 2.71. The number of carbonyl (C=O) groups excluding carboxylic acids is 2. The molecule has 3 N–H and O–H groups in total. The number of halogens is 1. The molecule has 0 aliphatic rings. The molecule has 0 aliphatic heterocycles. The molecule has 2 amide bonds. The van der Waals surface area contributed by atoms with Crippen LogP contribution in [-0.2, 0) is 9.59 Å². The Balaban J connectivity index is 1.68. The minimum atomic E-state index is -0.450. The Hall–Kier alpha value is -2.91. The predicted octanol–water partition coefficient (Wildman–Crippen LogP) is 2.96. The lowest BCUT2D eigenvalue weighted by Crippen LogP contribution is -2.49. The quantitative estimate of drug-likeness (QED) is 0.322. The highest BCUT2D eigenvalue weighted by atomic mass is 79.9. The molecular formula is C20H20BrN3O4S. The van der Waals surface area contributed by atoms with E-state index in [4.69, 9.17) is 21.7 Å². The Labute approximate surface area is 182 Å². The largest absolute Gasteiger partial charge is 0.494 e. The molecule has 0 radical (unpaired) electrons. The van der Waals surface area contributed by atoms with Gasteiger partial charge in [0.15, 0.2) is 11.7 Å². The molecule has 9 heteroatoms. The van der Waals surface area contributed by atoms with Gasteiger partial charge in [-0.1, -0.05) is 28.1 Å². The smallest absolute Gasteiger partial charge is 0.276 e. The van der Waals surface area contributed by atoms with Crippen LogP contribution in [-0.4, -0.2) is 30.1 Å². The molecule has 29 heavy (non-hydrogen) atoms. The summed E-state index contributed by atoms with van der Waals surface area (Å²) in [5, 5.41) is 2.39. The van der Waals surface area contributed by atoms with Gasteiger partial charge in [-0.15, -0.1) is 0 Å². The normalized spacial score (nSPS) is 10.3. The van der Waals surface area contributed by atoms with E-state index < -0.39 is 11.8 Å². The maximum Gasteiger partial charge on any atom is 0.276 e. The van der Waals surface area contributed by atoms with E-state index in [9.17, 15) is 9.59 Å². The maximum absolute atomic E-state index is 11.9. The van der Waals surface area contributed by atoms with Gasteiger partial charge in [-0.2, -0.15) is 0 Å². The van der Waals surface area contributed by atoms with Crippen molar-refractivity contribution in [2.75, 3.05) is 13.2 Å². The highest BCUT2D eigenvalue weighted by Gasteiger charge is 2.05. The highest BCUT2D eigenvalue weighted by Crippen LogP contribution is 2.15. The van der Waals surface area contributed by atoms with Gasteiger partial charge in [0.25, 0.3) is 5.91 Å². The number of thiocarbonyl (C=S) groups is 1. The molecule has 0 fully saturated rings. The molecular weight excluding hydrogens is 458 g/mol. The molecule has 0 atom stereocenters. The monoisotopic (exact) mass is 477 g/mol. The fourth-order valence-corrected chi connectivity index (χ4v) is 2.46. The molecule has 2 rings (SSSR count). The molecule has 0 spiro atoms. The van der Waals surface area contributed by atoms with Gasteiger partial charge in [0.05, 0.1) is 6.61 Å². The zero-order chi connectivity index (χ0) is 21.1. The van der Waals surface area contributed by atoms with Gasteiger partial charge < -0.3 is 9.47 Å². The van der Waals surface area contributed by atoms with Crippen molar-refractivity contribution >= 4 is 51.2 Å². The molecule has 0 aliphatic carbocycles. The van der Waals surface area contributed by atoms with Crippen LogP contribution >= 0.6 is 28.1 Å². The number of ether oxygens (including phenoxy) is 2. The molecule has 2 aromatic rings. The second kappa shape index (κ2) is 11.8. The molecule has 7 nitrogen and oxygen atoms in total. The molecule has 0 heterocycles. The SMILES string of the molecule is CCOc1ccc(/C=C/C(=O)NC(=S)NNC(=O)COc2ccc(Br)cc2)cc1. The topological polar surface area (TPSA) is 88.7 Å². The first-order valence-electron chi connectivity index (χ1n) is 8.65. The van der Waals surface area contributed by atoms with Crippen LogP contribution in [0, 0.1) is 0 Å². The van der Waals surface area contributed by atoms with Crippen molar-refractivity contribution in [1.29, 1.82) is 0 Å². The number of carbonyl (C=O) groups is 2. The Morgan fingerprint density at radius 2 is 1.62 bits per heavy atom. The summed E-state index contributed by atoms with van der Waals surface area (Å²) >= 11 is 8.28. The van der Waals surface area contributed by atoms with Crippen molar-refractivity contribution in [3.05, 3.63) is 64.6 Å². The van der Waals surface area contributed by atoms with E-state index in [1.165, 1.54) is 6.08 Å². The Morgan fingerprint density at radius 3 is 2.28 bits per heavy atom. The standard InChI is InChI=1S/C20H20BrN3O4S/c1-2-27-16-8-3-14(4-9-16)5-12-18(25)22-20(29)24-23-19(26)13-28-17-10-6-15(21)7-11-17/h3-12H,2,13H2,1H3,(H,23,26)(H2,22,24,25,29)/b12-5+. The molecule has 2 aromatic carbocycles. The molecule has 0 aromatic heterocycles. The first-order chi connectivity index (χ1) is 14.0. The second-order valence-electron chi connectivity index (χ2n) is 5.57. The van der Waals surface area contributed by atoms with Gasteiger partial charge in [0, 0.05) is 10.5 Å². The van der Waals surface area contributed by atoms with Crippen molar-refractivity contribution in [3.8, 4) is 11.5 Å². The lowest BCUT2D eigenvalue weighted by molar-refractivity contribution is -0.123. The summed E-state index contributed by atoms with van der Waals surface area (Å²) in [5.74, 6) is 0.434. The average molecular weight is 478 g/mol. The number of amides is 2. The molecule has 152 valence electrons. The zero-order valence-corrected chi connectivity index (χ0v) is 18.0. The number of nitrogens with one attached hydrogen (secondary N) is 3. The van der Waals surface area contributed by atoms with Crippen LogP contribution in [0.15, 0.2) is 59.1 Å². The lowest BCUT2D eigenvalue weighted by Gasteiger charge is -2.10. The van der Waals surface area contributed by atoms with Gasteiger partial charge >= 0.3 is 0 Å². The van der Waals surface area contributed by atoms with Crippen molar-refractivity contribution in [1.82, 2.24) is 16.2 Å². The summed E-state index contributed by atoms with van der Waals surface area (Å²) in [4.78, 5) is 23.6. The van der Waals surface area contributed by atoms with Crippen LogP contribution in [0.2, 0.25) is 0 Å². The summed E-state index contributed by atoms with van der Waals surface area (Å²) in [6, 6.07) is 14.4. The van der Waals surface area contributed by atoms with E-state index in [1.807, 2.05) is 31.2 Å². The Morgan fingerprint density at radius 1 is 1.00 bits per heavy atom. The third-order valence-electron chi connectivity index (χ3n) is 3.35. The van der Waals surface area contributed by atoms with Gasteiger partial charge in [-0.3, -0.25) is 25.8 Å². The van der Waals surface area contributed by atoms with E-state index in [0.29, 0.717) is 12.4 Å². The minimum absolute atomic E-state index is 0.0386. The third-order valence-corrected chi connectivity index (χ3v) is 4.09. The van der Waals surface area contributed by atoms with Crippen LogP contribution in [0.1, 0.15) is 12.5 Å². The van der Waals surface area contributed by atoms with E-state index in [1.54, 1.807) is 30.3 Å². The summed E-state index contributed by atoms with van der Waals surface area (Å²) in [5.41, 5.74) is 5.62. The summed E-state index contributed by atoms with van der Waals surface area (Å²) in [6.45, 7) is 2.30. The van der Waals surface area contributed by atoms with Gasteiger partial charge in [-0.25, -0.2) is 0 Å². The second-order valence-corrected chi connectivity index (χ2v) is 6.89. The van der Waals surface area contributed by atoms with Crippen LogP contribution in [0.4, 0.5) is 0 Å². The van der Waals surface area contributed by atoms with Crippen LogP contribution in [0.5, 0.6) is 11.5 Å². The van der Waals surface area contributed by atoms with Gasteiger partial charge in [0.2, 0.25) is 5.91 Å². The number of hydrogen-bond donors (Lipinski definition) is 3. The first kappa shape index (κ1) is 22.4. The van der Waals surface area contributed by atoms with Crippen molar-refractivity contribution < 1.29 is 19.1 Å². The molecule has 0 bridgehead atoms. The summed E-state index contributed by atoms with van der Waals surface area (Å²) in [7, 11) is 0. The van der Waals surface area contributed by atoms with E-state index in [-0.39, 0.29) is 11.7 Å². The van der Waals surface area contributed by atoms with E-state index >= 15 is 0 Å². The van der Waals surface area contributed by atoms with Crippen LogP contribution < -0.4 is 25.6 Å². The minimum Gasteiger partial charge on any atom is -0.494 e. The van der Waals surface area contributed by atoms with Crippen molar-refractivity contribution in [3.63, 3.8) is 0 Å². The van der Waals surface area contributed by atoms with Gasteiger partial charge in [-0.05, 0) is 67.2 Å². The molecule has 0 saturated heterocycles. The number of hydrogen-bond acceptors (Lipinski definition) is 5. The van der Waals surface area contributed by atoms with Gasteiger partial charge in [0.1, 0.15) is 11.5 Å². The maximum atomic E-state index is 11.9. The fraction of sp³-hybridized carbons (Fsp3) is 0.150. The van der Waals surface area contributed by atoms with Crippen molar-refractivity contribution in [2.24, 2.45) is 0 Å². The lowest BCUT2D eigenvalue weighted by atomic mass is 10.2. The van der Waals surface area contributed by atoms with Crippen LogP contribution in [0.3, 0.4) is 0 Å². The Bertz CT molecular complexity index is 870. The molecule has 0 unspecified atom stereocenters. The fourth-order valence-electron chi connectivity index (χ4n) is 2.04. The molecule has 0 saturated carbocycles. The third kappa shape index (κ3) is 8.75. The summed E-state index contributed by atoms with van der Waals surface area (Å²) in [6.07, 6.45) is 2.97.